The number of fused-ring (bicyclic) bond motifs is 1. The number of ether oxygens (including phenoxy) is 2. The highest BCUT2D eigenvalue weighted by atomic mass is 16.5. The second kappa shape index (κ2) is 5.60. The minimum atomic E-state index is -0.472. The molecular formula is C16H14N2O5. The summed E-state index contributed by atoms with van der Waals surface area (Å²) in [5, 5.41) is 11.0. The fourth-order valence-electron chi connectivity index (χ4n) is 2.39. The van der Waals surface area contributed by atoms with Gasteiger partial charge < -0.3 is 19.0 Å². The Bertz CT molecular complexity index is 884. The molecule has 1 aromatic carbocycles. The number of aromatic hydroxyl groups is 1. The predicted molar refractivity (Wildman–Crippen MR) is 81.2 cm³/mol. The molecule has 7 heteroatoms. The first-order valence-corrected chi connectivity index (χ1v) is 6.76. The number of aryl methyl sites for hydroxylation is 1. The van der Waals surface area contributed by atoms with Gasteiger partial charge in [-0.1, -0.05) is 0 Å². The van der Waals surface area contributed by atoms with Crippen LogP contribution in [-0.2, 0) is 0 Å². The van der Waals surface area contributed by atoms with E-state index in [-0.39, 0.29) is 28.4 Å². The van der Waals surface area contributed by atoms with Crippen LogP contribution in [0.15, 0.2) is 29.1 Å². The lowest BCUT2D eigenvalue weighted by Crippen LogP contribution is -2.07. The van der Waals surface area contributed by atoms with Crippen molar-refractivity contribution in [2.75, 3.05) is 14.2 Å². The van der Waals surface area contributed by atoms with E-state index in [1.54, 1.807) is 13.0 Å². The molecule has 0 saturated heterocycles. The summed E-state index contributed by atoms with van der Waals surface area (Å²) >= 11 is 0. The first-order valence-electron chi connectivity index (χ1n) is 6.76. The normalized spacial score (nSPS) is 10.7. The van der Waals surface area contributed by atoms with Gasteiger partial charge in [0, 0.05) is 12.4 Å². The van der Waals surface area contributed by atoms with E-state index in [9.17, 15) is 9.90 Å². The Morgan fingerprint density at radius 2 is 1.83 bits per heavy atom. The molecule has 0 aliphatic rings. The van der Waals surface area contributed by atoms with Crippen molar-refractivity contribution in [3.05, 3.63) is 41.7 Å². The number of furan rings is 1. The third kappa shape index (κ3) is 2.26. The van der Waals surface area contributed by atoms with E-state index in [2.05, 4.69) is 9.97 Å². The first-order chi connectivity index (χ1) is 11.1. The number of carbonyl (C=O) groups excluding carboxylic acids is 1. The minimum absolute atomic E-state index is 0.0225. The number of methoxy groups -OCH3 is 2. The van der Waals surface area contributed by atoms with E-state index in [1.807, 2.05) is 0 Å². The molecule has 3 aromatic rings. The molecule has 0 radical (unpaired) electrons. The molecule has 7 nitrogen and oxygen atoms in total. The van der Waals surface area contributed by atoms with Crippen molar-refractivity contribution in [3.8, 4) is 17.2 Å². The van der Waals surface area contributed by atoms with Gasteiger partial charge in [0.15, 0.2) is 11.3 Å². The van der Waals surface area contributed by atoms with E-state index in [1.165, 1.54) is 32.9 Å². The van der Waals surface area contributed by atoms with Gasteiger partial charge in [-0.15, -0.1) is 0 Å². The zero-order valence-electron chi connectivity index (χ0n) is 12.8. The summed E-state index contributed by atoms with van der Waals surface area (Å²) in [6.07, 6.45) is 4.23. The molecule has 2 aromatic heterocycles. The number of nitrogens with zero attached hydrogens (tertiary/aromatic N) is 2. The lowest BCUT2D eigenvalue weighted by molar-refractivity contribution is 0.103. The van der Waals surface area contributed by atoms with Gasteiger partial charge in [0.05, 0.1) is 31.4 Å². The molecule has 23 heavy (non-hydrogen) atoms. The summed E-state index contributed by atoms with van der Waals surface area (Å²) in [4.78, 5) is 20.8. The Morgan fingerprint density at radius 3 is 2.43 bits per heavy atom. The largest absolute Gasteiger partial charge is 0.504 e. The van der Waals surface area contributed by atoms with Gasteiger partial charge in [-0.05, 0) is 13.0 Å². The molecule has 2 heterocycles. The lowest BCUT2D eigenvalue weighted by atomic mass is 10.0. The number of benzene rings is 1. The van der Waals surface area contributed by atoms with Crippen molar-refractivity contribution in [3.63, 3.8) is 0 Å². The van der Waals surface area contributed by atoms with E-state index in [0.717, 1.165) is 0 Å². The zero-order chi connectivity index (χ0) is 16.6. The van der Waals surface area contributed by atoms with Crippen LogP contribution in [-0.4, -0.2) is 35.1 Å². The monoisotopic (exact) mass is 314 g/mol. The van der Waals surface area contributed by atoms with Crippen molar-refractivity contribution in [2.24, 2.45) is 0 Å². The van der Waals surface area contributed by atoms with Crippen LogP contribution in [0.5, 0.6) is 17.2 Å². The fourth-order valence-corrected chi connectivity index (χ4v) is 2.39. The summed E-state index contributed by atoms with van der Waals surface area (Å²) in [5.74, 6) is -0.00136. The highest BCUT2D eigenvalue weighted by Gasteiger charge is 2.28. The first kappa shape index (κ1) is 14.8. The average molecular weight is 314 g/mol. The standard InChI is InChI=1S/C16H14N2O5/c1-8-17-6-9(7-18-8)12(19)11-13(20)16(22-3)15-10(4-5-23-15)14(11)21-2/h4-7,20H,1-3H3. The van der Waals surface area contributed by atoms with E-state index < -0.39 is 5.78 Å². The maximum absolute atomic E-state index is 12.8. The zero-order valence-corrected chi connectivity index (χ0v) is 12.8. The summed E-state index contributed by atoms with van der Waals surface area (Å²) in [6.45, 7) is 1.72. The maximum Gasteiger partial charge on any atom is 0.205 e. The molecule has 0 aliphatic heterocycles. The molecule has 0 spiro atoms. The van der Waals surface area contributed by atoms with Gasteiger partial charge in [0.25, 0.3) is 0 Å². The molecule has 118 valence electrons. The van der Waals surface area contributed by atoms with Gasteiger partial charge in [-0.2, -0.15) is 0 Å². The van der Waals surface area contributed by atoms with Crippen LogP contribution in [0.3, 0.4) is 0 Å². The summed E-state index contributed by atoms with van der Waals surface area (Å²) in [5.41, 5.74) is 0.512. The third-order valence-corrected chi connectivity index (χ3v) is 3.47. The molecular weight excluding hydrogens is 300 g/mol. The van der Waals surface area contributed by atoms with Gasteiger partial charge >= 0.3 is 0 Å². The Hall–Kier alpha value is -3.09. The number of phenolic OH excluding ortho intramolecular Hbond substituents is 1. The number of hydrogen-bond donors (Lipinski definition) is 1. The maximum atomic E-state index is 12.8. The Morgan fingerprint density at radius 1 is 1.17 bits per heavy atom. The Kier molecular flexibility index (Phi) is 3.61. The molecule has 0 saturated carbocycles. The topological polar surface area (TPSA) is 94.7 Å². The highest BCUT2D eigenvalue weighted by Crippen LogP contribution is 2.46. The van der Waals surface area contributed by atoms with Crippen LogP contribution < -0.4 is 9.47 Å². The number of hydrogen-bond acceptors (Lipinski definition) is 7. The van der Waals surface area contributed by atoms with Crippen molar-refractivity contribution in [1.29, 1.82) is 0 Å². The second-order valence-electron chi connectivity index (χ2n) is 4.80. The summed E-state index contributed by atoms with van der Waals surface area (Å²) < 4.78 is 15.8. The fraction of sp³-hybridized carbons (Fsp3) is 0.188. The average Bonchev–Trinajstić information content (AvgIpc) is 3.03. The second-order valence-corrected chi connectivity index (χ2v) is 4.80. The summed E-state index contributed by atoms with van der Waals surface area (Å²) in [7, 11) is 2.79. The highest BCUT2D eigenvalue weighted by molar-refractivity contribution is 6.16. The molecule has 1 N–H and O–H groups in total. The minimum Gasteiger partial charge on any atom is -0.504 e. The van der Waals surface area contributed by atoms with Crippen LogP contribution in [0.1, 0.15) is 21.7 Å². The van der Waals surface area contributed by atoms with Crippen LogP contribution >= 0.6 is 0 Å². The van der Waals surface area contributed by atoms with Crippen molar-refractivity contribution >= 4 is 16.8 Å². The van der Waals surface area contributed by atoms with Crippen LogP contribution in [0.25, 0.3) is 11.0 Å². The van der Waals surface area contributed by atoms with E-state index in [0.29, 0.717) is 16.8 Å². The Labute approximate surface area is 131 Å². The van der Waals surface area contributed by atoms with Crippen LogP contribution in [0.4, 0.5) is 0 Å². The van der Waals surface area contributed by atoms with E-state index >= 15 is 0 Å². The smallest absolute Gasteiger partial charge is 0.205 e. The molecule has 0 aliphatic carbocycles. The predicted octanol–water partition coefficient (Wildman–Crippen LogP) is 2.49. The molecule has 0 bridgehead atoms. The molecule has 0 amide bonds. The van der Waals surface area contributed by atoms with Gasteiger partial charge in [0.1, 0.15) is 17.1 Å². The molecule has 0 atom stereocenters. The third-order valence-electron chi connectivity index (χ3n) is 3.47. The molecule has 0 fully saturated rings. The lowest BCUT2D eigenvalue weighted by Gasteiger charge is -2.14. The van der Waals surface area contributed by atoms with Crippen molar-refractivity contribution in [1.82, 2.24) is 9.97 Å². The number of ketones is 1. The van der Waals surface area contributed by atoms with Gasteiger partial charge in [-0.3, -0.25) is 4.79 Å². The summed E-state index contributed by atoms with van der Waals surface area (Å²) in [6, 6.07) is 1.64. The Balaban J connectivity index is 2.29. The quantitative estimate of drug-likeness (QED) is 0.739. The van der Waals surface area contributed by atoms with Crippen LogP contribution in [0.2, 0.25) is 0 Å². The number of phenols is 1. The van der Waals surface area contributed by atoms with Crippen LogP contribution in [0, 0.1) is 6.92 Å². The molecule has 0 unspecified atom stereocenters. The number of rotatable bonds is 4. The van der Waals surface area contributed by atoms with E-state index in [4.69, 9.17) is 13.9 Å². The van der Waals surface area contributed by atoms with Crippen molar-refractivity contribution in [2.45, 2.75) is 6.92 Å². The SMILES string of the molecule is COc1c(C(=O)c2cnc(C)nc2)c(O)c(OC)c2occc12. The van der Waals surface area contributed by atoms with Crippen molar-refractivity contribution < 1.29 is 23.8 Å². The van der Waals surface area contributed by atoms with Gasteiger partial charge in [0.2, 0.25) is 11.5 Å². The van der Waals surface area contributed by atoms with Gasteiger partial charge in [-0.25, -0.2) is 9.97 Å². The number of aromatic nitrogens is 2. The molecule has 3 rings (SSSR count). The number of carbonyl (C=O) groups is 1.